The van der Waals surface area contributed by atoms with E-state index in [1.165, 1.54) is 38.5 Å². The number of rotatable bonds is 10. The third-order valence-electron chi connectivity index (χ3n) is 7.65. The summed E-state index contributed by atoms with van der Waals surface area (Å²) < 4.78 is 0. The monoisotopic (exact) mass is 460 g/mol. The van der Waals surface area contributed by atoms with Gasteiger partial charge in [-0.2, -0.15) is 0 Å². The Morgan fingerprint density at radius 3 is 2.31 bits per heavy atom. The smallest absolute Gasteiger partial charge is 0.252 e. The van der Waals surface area contributed by atoms with Gasteiger partial charge in [-0.25, -0.2) is 0 Å². The third-order valence-corrected chi connectivity index (χ3v) is 7.97. The maximum absolute atomic E-state index is 13.0. The number of hydrogen-bond donors (Lipinski definition) is 3. The van der Waals surface area contributed by atoms with Gasteiger partial charge in [0.15, 0.2) is 0 Å². The Kier molecular flexibility index (Phi) is 7.30. The molecular formula is C25H37ClN4O2. The Morgan fingerprint density at radius 2 is 1.69 bits per heavy atom. The van der Waals surface area contributed by atoms with Crippen molar-refractivity contribution in [2.75, 3.05) is 45.6 Å². The summed E-state index contributed by atoms with van der Waals surface area (Å²) in [6.07, 6.45) is 8.56. The van der Waals surface area contributed by atoms with Gasteiger partial charge in [0.25, 0.3) is 5.91 Å². The van der Waals surface area contributed by atoms with Crippen LogP contribution in [-0.2, 0) is 4.79 Å². The van der Waals surface area contributed by atoms with E-state index in [1.807, 2.05) is 12.1 Å². The van der Waals surface area contributed by atoms with E-state index >= 15 is 0 Å². The summed E-state index contributed by atoms with van der Waals surface area (Å²) in [7, 11) is 3.53. The number of nitrogens with zero attached hydrogens (tertiary/aromatic N) is 1. The summed E-state index contributed by atoms with van der Waals surface area (Å²) in [5, 5.41) is 10.3. The predicted molar refractivity (Wildman–Crippen MR) is 129 cm³/mol. The zero-order valence-electron chi connectivity index (χ0n) is 19.4. The van der Waals surface area contributed by atoms with Crippen molar-refractivity contribution in [3.8, 4) is 0 Å². The molecule has 0 unspecified atom stereocenters. The van der Waals surface area contributed by atoms with Gasteiger partial charge in [0.2, 0.25) is 5.91 Å². The van der Waals surface area contributed by atoms with E-state index in [0.29, 0.717) is 35.5 Å². The highest BCUT2D eigenvalue weighted by Gasteiger charge is 2.50. The third kappa shape index (κ3) is 5.57. The van der Waals surface area contributed by atoms with E-state index < -0.39 is 0 Å². The van der Waals surface area contributed by atoms with Crippen LogP contribution in [0, 0.1) is 23.2 Å². The second-order valence-corrected chi connectivity index (χ2v) is 10.9. The minimum Gasteiger partial charge on any atom is -0.384 e. The number of anilines is 1. The average Bonchev–Trinajstić information content (AvgIpc) is 2.74. The summed E-state index contributed by atoms with van der Waals surface area (Å²) in [5.74, 6) is 2.68. The van der Waals surface area contributed by atoms with E-state index in [9.17, 15) is 9.59 Å². The second-order valence-electron chi connectivity index (χ2n) is 10.5. The fraction of sp³-hybridized carbons (Fsp3) is 0.680. The number of hydrogen-bond acceptors (Lipinski definition) is 4. The molecule has 4 aliphatic rings. The number of carbonyl (C=O) groups excluding carboxylic acids is 2. The molecule has 5 rings (SSSR count). The lowest BCUT2D eigenvalue weighted by atomic mass is 9.49. The van der Waals surface area contributed by atoms with Crippen molar-refractivity contribution < 1.29 is 9.59 Å². The van der Waals surface area contributed by atoms with E-state index in [1.54, 1.807) is 25.1 Å². The molecule has 2 amide bonds. The highest BCUT2D eigenvalue weighted by atomic mass is 35.5. The zero-order valence-corrected chi connectivity index (χ0v) is 20.1. The maximum atomic E-state index is 13.0. The van der Waals surface area contributed by atoms with Gasteiger partial charge in [-0.15, -0.1) is 0 Å². The largest absolute Gasteiger partial charge is 0.384 e. The molecule has 0 radical (unpaired) electrons. The summed E-state index contributed by atoms with van der Waals surface area (Å²) in [5.41, 5.74) is 1.72. The Labute approximate surface area is 196 Å². The van der Waals surface area contributed by atoms with Crippen molar-refractivity contribution in [1.82, 2.24) is 15.5 Å². The molecule has 0 aliphatic heterocycles. The quantitative estimate of drug-likeness (QED) is 0.465. The van der Waals surface area contributed by atoms with Crippen LogP contribution >= 0.6 is 11.6 Å². The van der Waals surface area contributed by atoms with Crippen LogP contribution < -0.4 is 16.0 Å². The Morgan fingerprint density at radius 1 is 1.03 bits per heavy atom. The minimum absolute atomic E-state index is 0.0743. The van der Waals surface area contributed by atoms with Crippen LogP contribution in [0.25, 0.3) is 0 Å². The predicted octanol–water partition coefficient (Wildman–Crippen LogP) is 3.77. The lowest BCUT2D eigenvalue weighted by Gasteiger charge is -2.56. The fourth-order valence-electron chi connectivity index (χ4n) is 6.52. The summed E-state index contributed by atoms with van der Waals surface area (Å²) in [6, 6.07) is 5.52. The molecule has 7 heteroatoms. The summed E-state index contributed by atoms with van der Waals surface area (Å²) in [6.45, 7) is 2.86. The SMILES string of the molecule is CN(C)C(=O)CCNCCNc1ccc(Cl)c(C(=O)NCC23CC4CC(CC(C4)C2)C3)c1. The van der Waals surface area contributed by atoms with Crippen molar-refractivity contribution >= 4 is 29.1 Å². The summed E-state index contributed by atoms with van der Waals surface area (Å²) >= 11 is 6.37. The van der Waals surface area contributed by atoms with E-state index in [4.69, 9.17) is 11.6 Å². The molecule has 1 aromatic rings. The zero-order chi connectivity index (χ0) is 22.7. The van der Waals surface area contributed by atoms with Crippen LogP contribution in [0.1, 0.15) is 55.3 Å². The average molecular weight is 461 g/mol. The first-order valence-electron chi connectivity index (χ1n) is 12.1. The number of benzene rings is 1. The lowest BCUT2D eigenvalue weighted by Crippen LogP contribution is -2.51. The van der Waals surface area contributed by atoms with Crippen LogP contribution in [0.3, 0.4) is 0 Å². The van der Waals surface area contributed by atoms with Crippen molar-refractivity contribution in [3.63, 3.8) is 0 Å². The number of nitrogens with one attached hydrogen (secondary N) is 3. The van der Waals surface area contributed by atoms with Gasteiger partial charge in [0, 0.05) is 52.4 Å². The number of amides is 2. The first kappa shape index (κ1) is 23.4. The minimum atomic E-state index is -0.0743. The molecule has 4 fully saturated rings. The van der Waals surface area contributed by atoms with Gasteiger partial charge in [-0.1, -0.05) is 11.6 Å². The van der Waals surface area contributed by atoms with Gasteiger partial charge >= 0.3 is 0 Å². The van der Waals surface area contributed by atoms with Gasteiger partial charge in [-0.3, -0.25) is 9.59 Å². The van der Waals surface area contributed by atoms with Gasteiger partial charge in [-0.05, 0) is 79.9 Å². The van der Waals surface area contributed by atoms with Gasteiger partial charge < -0.3 is 20.9 Å². The molecule has 0 saturated heterocycles. The molecule has 32 heavy (non-hydrogen) atoms. The standard InChI is InChI=1S/C25H37ClN4O2/c1-30(2)23(31)5-6-27-7-8-28-20-3-4-22(26)21(12-20)24(32)29-16-25-13-17-9-18(14-25)11-19(10-17)15-25/h3-4,12,17-19,27-28H,5-11,13-16H2,1-2H3,(H,29,32). The molecule has 3 N–H and O–H groups in total. The van der Waals surface area contributed by atoms with Crippen molar-refractivity contribution in [3.05, 3.63) is 28.8 Å². The summed E-state index contributed by atoms with van der Waals surface area (Å²) in [4.78, 5) is 26.2. The topological polar surface area (TPSA) is 73.5 Å². The molecule has 4 aliphatic carbocycles. The molecule has 0 atom stereocenters. The van der Waals surface area contributed by atoms with Crippen molar-refractivity contribution in [1.29, 1.82) is 0 Å². The van der Waals surface area contributed by atoms with Crippen LogP contribution in [0.4, 0.5) is 5.69 Å². The van der Waals surface area contributed by atoms with Gasteiger partial charge in [0.1, 0.15) is 0 Å². The highest BCUT2D eigenvalue weighted by Crippen LogP contribution is 2.59. The van der Waals surface area contributed by atoms with Gasteiger partial charge in [0.05, 0.1) is 10.6 Å². The van der Waals surface area contributed by atoms with Crippen LogP contribution in [-0.4, -0.2) is 57.0 Å². The Hall–Kier alpha value is -1.79. The Balaban J connectivity index is 1.24. The molecule has 0 heterocycles. The van der Waals surface area contributed by atoms with E-state index in [2.05, 4.69) is 16.0 Å². The molecular weight excluding hydrogens is 424 g/mol. The normalized spacial score (nSPS) is 27.9. The molecule has 0 aromatic heterocycles. The molecule has 0 spiro atoms. The van der Waals surface area contributed by atoms with Crippen LogP contribution in [0.5, 0.6) is 0 Å². The molecule has 6 nitrogen and oxygen atoms in total. The Bertz CT molecular complexity index is 806. The first-order valence-corrected chi connectivity index (χ1v) is 12.4. The fourth-order valence-corrected chi connectivity index (χ4v) is 6.72. The maximum Gasteiger partial charge on any atom is 0.252 e. The molecule has 1 aromatic carbocycles. The first-order chi connectivity index (χ1) is 15.3. The molecule has 176 valence electrons. The van der Waals surface area contributed by atoms with E-state index in [-0.39, 0.29) is 11.8 Å². The lowest BCUT2D eigenvalue weighted by molar-refractivity contribution is -0.128. The van der Waals surface area contributed by atoms with Crippen molar-refractivity contribution in [2.45, 2.75) is 44.9 Å². The number of halogens is 1. The number of carbonyl (C=O) groups is 2. The molecule has 4 saturated carbocycles. The second kappa shape index (κ2) is 10.0. The van der Waals surface area contributed by atoms with Crippen LogP contribution in [0.15, 0.2) is 18.2 Å². The van der Waals surface area contributed by atoms with Crippen molar-refractivity contribution in [2.24, 2.45) is 23.2 Å². The highest BCUT2D eigenvalue weighted by molar-refractivity contribution is 6.34. The molecule has 4 bridgehead atoms. The van der Waals surface area contributed by atoms with E-state index in [0.717, 1.165) is 36.5 Å². The van der Waals surface area contributed by atoms with Crippen LogP contribution in [0.2, 0.25) is 5.02 Å².